The van der Waals surface area contributed by atoms with Gasteiger partial charge < -0.3 is 4.74 Å². The Morgan fingerprint density at radius 3 is 2.17 bits per heavy atom. The zero-order chi connectivity index (χ0) is 16.7. The van der Waals surface area contributed by atoms with Gasteiger partial charge in [-0.2, -0.15) is 0 Å². The molecule has 0 aromatic heterocycles. The Morgan fingerprint density at radius 2 is 1.61 bits per heavy atom. The van der Waals surface area contributed by atoms with Crippen LogP contribution in [0.1, 0.15) is 18.1 Å². The Hall–Kier alpha value is -1.61. The molecule has 1 unspecified atom stereocenters. The highest BCUT2D eigenvalue weighted by Crippen LogP contribution is 2.50. The monoisotopic (exact) mass is 351 g/mol. The van der Waals surface area contributed by atoms with Gasteiger partial charge >= 0.3 is 5.97 Å². The van der Waals surface area contributed by atoms with Crippen LogP contribution in [0.15, 0.2) is 60.7 Å². The van der Waals surface area contributed by atoms with Crippen LogP contribution in [-0.4, -0.2) is 12.0 Å². The number of halogens is 1. The SMILES string of the molecule is C[C@H](NP(=O)(Cl)Cc1ccccc1)C(=O)OCc1ccccc1. The summed E-state index contributed by atoms with van der Waals surface area (Å²) >= 11 is 6.06. The van der Waals surface area contributed by atoms with E-state index in [2.05, 4.69) is 5.09 Å². The zero-order valence-corrected chi connectivity index (χ0v) is 14.5. The number of carbonyl (C=O) groups excluding carboxylic acids is 1. The van der Waals surface area contributed by atoms with E-state index in [1.807, 2.05) is 60.7 Å². The first-order valence-electron chi connectivity index (χ1n) is 7.27. The van der Waals surface area contributed by atoms with Crippen molar-refractivity contribution in [1.82, 2.24) is 5.09 Å². The van der Waals surface area contributed by atoms with Crippen molar-refractivity contribution in [2.75, 3.05) is 0 Å². The minimum atomic E-state index is -3.20. The molecule has 0 fully saturated rings. The summed E-state index contributed by atoms with van der Waals surface area (Å²) in [5, 5.41) is 2.69. The Balaban J connectivity index is 1.86. The van der Waals surface area contributed by atoms with Gasteiger partial charge in [0.15, 0.2) is 0 Å². The van der Waals surface area contributed by atoms with E-state index in [1.54, 1.807) is 6.92 Å². The third-order valence-electron chi connectivity index (χ3n) is 3.19. The molecule has 2 rings (SSSR count). The van der Waals surface area contributed by atoms with E-state index < -0.39 is 18.7 Å². The number of ether oxygens (including phenoxy) is 1. The van der Waals surface area contributed by atoms with Crippen molar-refractivity contribution in [2.45, 2.75) is 25.7 Å². The highest BCUT2D eigenvalue weighted by atomic mass is 35.7. The third-order valence-corrected chi connectivity index (χ3v) is 5.39. The molecule has 0 saturated carbocycles. The second-order valence-electron chi connectivity index (χ2n) is 5.24. The van der Waals surface area contributed by atoms with E-state index in [9.17, 15) is 9.36 Å². The Morgan fingerprint density at radius 1 is 1.09 bits per heavy atom. The maximum atomic E-state index is 12.4. The number of nitrogens with one attached hydrogen (secondary N) is 1. The first-order chi connectivity index (χ1) is 11.0. The standard InChI is InChI=1S/C17H19ClNO3P/c1-14(17(20)22-12-15-8-4-2-5-9-15)19-23(18,21)13-16-10-6-3-7-11-16/h2-11,14H,12-13H2,1H3,(H,19,21)/t14-,23?/m0/s1. The molecule has 0 spiro atoms. The van der Waals surface area contributed by atoms with E-state index >= 15 is 0 Å². The normalized spacial score (nSPS) is 14.7. The van der Waals surface area contributed by atoms with Crippen molar-refractivity contribution in [1.29, 1.82) is 0 Å². The van der Waals surface area contributed by atoms with Crippen molar-refractivity contribution < 1.29 is 14.1 Å². The van der Waals surface area contributed by atoms with Crippen LogP contribution in [0, 0.1) is 0 Å². The topological polar surface area (TPSA) is 55.4 Å². The lowest BCUT2D eigenvalue weighted by Gasteiger charge is -2.18. The molecule has 2 atom stereocenters. The summed E-state index contributed by atoms with van der Waals surface area (Å²) in [4.78, 5) is 12.0. The van der Waals surface area contributed by atoms with E-state index in [0.29, 0.717) is 0 Å². The smallest absolute Gasteiger partial charge is 0.323 e. The summed E-state index contributed by atoms with van der Waals surface area (Å²) in [6.07, 6.45) is 0.172. The van der Waals surface area contributed by atoms with Crippen molar-refractivity contribution >= 4 is 23.9 Å². The lowest BCUT2D eigenvalue weighted by atomic mass is 10.2. The van der Waals surface area contributed by atoms with E-state index in [4.69, 9.17) is 16.0 Å². The van der Waals surface area contributed by atoms with Gasteiger partial charge in [-0.15, -0.1) is 0 Å². The first kappa shape index (κ1) is 17.7. The molecule has 4 nitrogen and oxygen atoms in total. The Kier molecular flexibility index (Phi) is 6.40. The predicted octanol–water partition coefficient (Wildman–Crippen LogP) is 4.34. The molecular formula is C17H19ClNO3P. The molecule has 122 valence electrons. The number of hydrogen-bond donors (Lipinski definition) is 1. The fourth-order valence-corrected chi connectivity index (χ4v) is 4.37. The summed E-state index contributed by atoms with van der Waals surface area (Å²) in [6.45, 7) is -1.43. The lowest BCUT2D eigenvalue weighted by molar-refractivity contribution is -0.146. The molecule has 2 aromatic carbocycles. The summed E-state index contributed by atoms with van der Waals surface area (Å²) in [5.74, 6) is -0.484. The van der Waals surface area contributed by atoms with Crippen LogP contribution in [0.5, 0.6) is 0 Å². The van der Waals surface area contributed by atoms with Crippen LogP contribution in [-0.2, 0) is 26.9 Å². The molecule has 0 aliphatic heterocycles. The van der Waals surface area contributed by atoms with Crippen molar-refractivity contribution in [2.24, 2.45) is 0 Å². The molecule has 0 aliphatic carbocycles. The van der Waals surface area contributed by atoms with Gasteiger partial charge in [0.1, 0.15) is 12.6 Å². The van der Waals surface area contributed by atoms with Crippen LogP contribution in [0.25, 0.3) is 0 Å². The fraction of sp³-hybridized carbons (Fsp3) is 0.235. The van der Waals surface area contributed by atoms with Gasteiger partial charge in [0.05, 0.1) is 6.16 Å². The van der Waals surface area contributed by atoms with Crippen LogP contribution in [0.4, 0.5) is 0 Å². The first-order valence-corrected chi connectivity index (χ1v) is 10.1. The highest BCUT2D eigenvalue weighted by Gasteiger charge is 2.26. The van der Waals surface area contributed by atoms with Crippen molar-refractivity contribution in [3.8, 4) is 0 Å². The van der Waals surface area contributed by atoms with Gasteiger partial charge in [0.2, 0.25) is 6.65 Å². The fourth-order valence-electron chi connectivity index (χ4n) is 2.06. The largest absolute Gasteiger partial charge is 0.460 e. The number of rotatable bonds is 7. The molecule has 0 heterocycles. The molecular weight excluding hydrogens is 333 g/mol. The summed E-state index contributed by atoms with van der Waals surface area (Å²) in [7, 11) is 0. The van der Waals surface area contributed by atoms with Gasteiger partial charge in [-0.05, 0) is 29.3 Å². The van der Waals surface area contributed by atoms with E-state index in [-0.39, 0.29) is 12.8 Å². The second kappa shape index (κ2) is 8.30. The maximum absolute atomic E-state index is 12.4. The number of esters is 1. The minimum absolute atomic E-state index is 0.172. The van der Waals surface area contributed by atoms with Crippen LogP contribution >= 0.6 is 17.9 Å². The van der Waals surface area contributed by atoms with Crippen LogP contribution in [0.3, 0.4) is 0 Å². The zero-order valence-electron chi connectivity index (χ0n) is 12.8. The molecule has 0 saturated heterocycles. The van der Waals surface area contributed by atoms with Crippen LogP contribution in [0.2, 0.25) is 0 Å². The Bertz CT molecular complexity index is 679. The maximum Gasteiger partial charge on any atom is 0.323 e. The minimum Gasteiger partial charge on any atom is -0.460 e. The Labute approximate surface area is 141 Å². The van der Waals surface area contributed by atoms with E-state index in [1.165, 1.54) is 0 Å². The predicted molar refractivity (Wildman–Crippen MR) is 92.4 cm³/mol. The third kappa shape index (κ3) is 6.19. The second-order valence-corrected chi connectivity index (χ2v) is 8.76. The van der Waals surface area contributed by atoms with E-state index in [0.717, 1.165) is 11.1 Å². The van der Waals surface area contributed by atoms with Crippen molar-refractivity contribution in [3.63, 3.8) is 0 Å². The van der Waals surface area contributed by atoms with Gasteiger partial charge in [-0.25, -0.2) is 5.09 Å². The average Bonchev–Trinajstić information content (AvgIpc) is 2.53. The number of carbonyl (C=O) groups is 1. The summed E-state index contributed by atoms with van der Waals surface area (Å²) in [6, 6.07) is 17.9. The lowest BCUT2D eigenvalue weighted by Crippen LogP contribution is -2.32. The average molecular weight is 352 g/mol. The van der Waals surface area contributed by atoms with Gasteiger partial charge in [0, 0.05) is 0 Å². The number of hydrogen-bond acceptors (Lipinski definition) is 3. The molecule has 0 bridgehead atoms. The van der Waals surface area contributed by atoms with Gasteiger partial charge in [-0.3, -0.25) is 9.36 Å². The van der Waals surface area contributed by atoms with Crippen molar-refractivity contribution in [3.05, 3.63) is 71.8 Å². The quantitative estimate of drug-likeness (QED) is 0.595. The molecule has 23 heavy (non-hydrogen) atoms. The molecule has 0 radical (unpaired) electrons. The molecule has 6 heteroatoms. The summed E-state index contributed by atoms with van der Waals surface area (Å²) < 4.78 is 17.6. The van der Waals surface area contributed by atoms with Crippen LogP contribution < -0.4 is 5.09 Å². The highest BCUT2D eigenvalue weighted by molar-refractivity contribution is 7.87. The van der Waals surface area contributed by atoms with Gasteiger partial charge in [-0.1, -0.05) is 60.7 Å². The summed E-state index contributed by atoms with van der Waals surface area (Å²) in [5.41, 5.74) is 1.74. The molecule has 1 N–H and O–H groups in total. The number of benzene rings is 2. The molecule has 2 aromatic rings. The van der Waals surface area contributed by atoms with Gasteiger partial charge in [0.25, 0.3) is 0 Å². The molecule has 0 aliphatic rings. The molecule has 0 amide bonds.